The number of hydrogen-bond acceptors (Lipinski definition) is 5. The van der Waals surface area contributed by atoms with Gasteiger partial charge in [0.2, 0.25) is 10.0 Å². The first-order valence-electron chi connectivity index (χ1n) is 5.77. The Morgan fingerprint density at radius 3 is 2.15 bits per heavy atom. The van der Waals surface area contributed by atoms with Gasteiger partial charge in [0.25, 0.3) is 0 Å². The second-order valence-electron chi connectivity index (χ2n) is 4.44. The fraction of sp³-hybridized carbons (Fsp3) is 0.417. The van der Waals surface area contributed by atoms with Gasteiger partial charge in [0.1, 0.15) is 9.84 Å². The van der Waals surface area contributed by atoms with E-state index in [4.69, 9.17) is 5.26 Å². The molecular formula is C12H16N2O4S2. The Hall–Kier alpha value is -1.43. The van der Waals surface area contributed by atoms with E-state index in [-0.39, 0.29) is 23.6 Å². The predicted octanol–water partition coefficient (Wildman–Crippen LogP) is 0.418. The van der Waals surface area contributed by atoms with Crippen molar-refractivity contribution in [1.82, 2.24) is 4.31 Å². The van der Waals surface area contributed by atoms with Gasteiger partial charge in [0, 0.05) is 19.8 Å². The lowest BCUT2D eigenvalue weighted by molar-refractivity contribution is 0.485. The maximum absolute atomic E-state index is 12.2. The molecule has 0 amide bonds. The van der Waals surface area contributed by atoms with Crippen LogP contribution in [-0.4, -0.2) is 46.7 Å². The molecule has 0 radical (unpaired) electrons. The van der Waals surface area contributed by atoms with Crippen molar-refractivity contribution in [2.75, 3.05) is 25.6 Å². The predicted molar refractivity (Wildman–Crippen MR) is 75.3 cm³/mol. The first-order chi connectivity index (χ1) is 9.16. The number of nitriles is 1. The highest BCUT2D eigenvalue weighted by atomic mass is 32.2. The summed E-state index contributed by atoms with van der Waals surface area (Å²) in [7, 11) is -5.59. The van der Waals surface area contributed by atoms with Crippen LogP contribution in [0, 0.1) is 11.3 Å². The minimum absolute atomic E-state index is 0.0789. The number of nitrogens with zero attached hydrogens (tertiary/aromatic N) is 2. The zero-order valence-electron chi connectivity index (χ0n) is 11.3. The second kappa shape index (κ2) is 6.35. The normalized spacial score (nSPS) is 12.3. The fourth-order valence-electron chi connectivity index (χ4n) is 1.47. The zero-order valence-corrected chi connectivity index (χ0v) is 12.9. The minimum Gasteiger partial charge on any atom is -0.229 e. The Morgan fingerprint density at radius 1 is 1.15 bits per heavy atom. The summed E-state index contributed by atoms with van der Waals surface area (Å²) in [6.45, 7) is -0.0961. The van der Waals surface area contributed by atoms with Crippen LogP contribution in [0.1, 0.15) is 5.56 Å². The second-order valence-corrected chi connectivity index (χ2v) is 8.74. The lowest BCUT2D eigenvalue weighted by Crippen LogP contribution is -2.31. The van der Waals surface area contributed by atoms with Crippen LogP contribution in [0.15, 0.2) is 29.2 Å². The number of sulfonamides is 1. The van der Waals surface area contributed by atoms with E-state index in [9.17, 15) is 16.8 Å². The molecular weight excluding hydrogens is 300 g/mol. The van der Waals surface area contributed by atoms with Crippen molar-refractivity contribution in [1.29, 1.82) is 5.26 Å². The molecule has 6 nitrogen and oxygen atoms in total. The van der Waals surface area contributed by atoms with E-state index in [0.29, 0.717) is 0 Å². The maximum Gasteiger partial charge on any atom is 0.242 e. The third kappa shape index (κ3) is 4.59. The SMILES string of the molecule is CN(CCS(C)(=O)=O)S(=O)(=O)c1ccc(CC#N)cc1. The molecule has 1 rings (SSSR count). The van der Waals surface area contributed by atoms with Crippen molar-refractivity contribution < 1.29 is 16.8 Å². The number of hydrogen-bond donors (Lipinski definition) is 0. The molecule has 0 heterocycles. The summed E-state index contributed by atoms with van der Waals surface area (Å²) in [6.07, 6.45) is 1.27. The van der Waals surface area contributed by atoms with Gasteiger partial charge in [0.05, 0.1) is 23.1 Å². The topological polar surface area (TPSA) is 95.3 Å². The standard InChI is InChI=1S/C12H16N2O4S2/c1-14(9-10-19(2,15)16)20(17,18)12-5-3-11(4-6-12)7-8-13/h3-6H,7,9-10H2,1-2H3. The summed E-state index contributed by atoms with van der Waals surface area (Å²) in [5.41, 5.74) is 0.727. The summed E-state index contributed by atoms with van der Waals surface area (Å²) in [5.74, 6) is -0.227. The molecule has 20 heavy (non-hydrogen) atoms. The number of sulfone groups is 1. The van der Waals surface area contributed by atoms with E-state index >= 15 is 0 Å². The first kappa shape index (κ1) is 16.6. The molecule has 0 atom stereocenters. The van der Waals surface area contributed by atoms with Crippen LogP contribution in [0.25, 0.3) is 0 Å². The molecule has 0 aromatic heterocycles. The number of rotatable bonds is 6. The van der Waals surface area contributed by atoms with Crippen molar-refractivity contribution in [3.05, 3.63) is 29.8 Å². The Labute approximate surface area is 119 Å². The molecule has 0 fully saturated rings. The van der Waals surface area contributed by atoms with E-state index < -0.39 is 19.9 Å². The lowest BCUT2D eigenvalue weighted by Gasteiger charge is -2.16. The maximum atomic E-state index is 12.2. The molecule has 110 valence electrons. The molecule has 1 aromatic rings. The Morgan fingerprint density at radius 2 is 1.70 bits per heavy atom. The molecule has 0 saturated heterocycles. The van der Waals surface area contributed by atoms with Crippen LogP contribution in [0.4, 0.5) is 0 Å². The van der Waals surface area contributed by atoms with Gasteiger partial charge >= 0.3 is 0 Å². The van der Waals surface area contributed by atoms with E-state index in [1.165, 1.54) is 19.2 Å². The first-order valence-corrected chi connectivity index (χ1v) is 9.27. The monoisotopic (exact) mass is 316 g/mol. The highest BCUT2D eigenvalue weighted by molar-refractivity contribution is 7.91. The summed E-state index contributed by atoms with van der Waals surface area (Å²) >= 11 is 0. The smallest absolute Gasteiger partial charge is 0.229 e. The van der Waals surface area contributed by atoms with Crippen molar-refractivity contribution >= 4 is 19.9 Å². The van der Waals surface area contributed by atoms with Gasteiger partial charge in [-0.2, -0.15) is 9.57 Å². The van der Waals surface area contributed by atoms with Crippen LogP contribution in [0.5, 0.6) is 0 Å². The van der Waals surface area contributed by atoms with Gasteiger partial charge in [-0.1, -0.05) is 12.1 Å². The molecule has 8 heteroatoms. The van der Waals surface area contributed by atoms with Crippen LogP contribution < -0.4 is 0 Å². The van der Waals surface area contributed by atoms with Gasteiger partial charge in [-0.15, -0.1) is 0 Å². The third-order valence-corrected chi connectivity index (χ3v) is 5.49. The van der Waals surface area contributed by atoms with Gasteiger partial charge in [-0.25, -0.2) is 16.8 Å². The summed E-state index contributed by atoms with van der Waals surface area (Å²) < 4.78 is 47.5. The van der Waals surface area contributed by atoms with Gasteiger partial charge < -0.3 is 0 Å². The van der Waals surface area contributed by atoms with Crippen molar-refractivity contribution in [3.8, 4) is 6.07 Å². The van der Waals surface area contributed by atoms with E-state index in [0.717, 1.165) is 16.1 Å². The third-order valence-electron chi connectivity index (χ3n) is 2.69. The van der Waals surface area contributed by atoms with Crippen molar-refractivity contribution in [3.63, 3.8) is 0 Å². The highest BCUT2D eigenvalue weighted by Crippen LogP contribution is 2.15. The minimum atomic E-state index is -3.71. The molecule has 1 aromatic carbocycles. The molecule has 0 aliphatic heterocycles. The van der Waals surface area contributed by atoms with E-state index in [2.05, 4.69) is 0 Å². The molecule has 0 unspecified atom stereocenters. The van der Waals surface area contributed by atoms with Crippen LogP contribution >= 0.6 is 0 Å². The summed E-state index contributed by atoms with van der Waals surface area (Å²) in [4.78, 5) is 0.0789. The molecule has 0 spiro atoms. The van der Waals surface area contributed by atoms with Crippen molar-refractivity contribution in [2.45, 2.75) is 11.3 Å². The van der Waals surface area contributed by atoms with Crippen LogP contribution in [-0.2, 0) is 26.3 Å². The van der Waals surface area contributed by atoms with E-state index in [1.807, 2.05) is 6.07 Å². The summed E-state index contributed by atoms with van der Waals surface area (Å²) in [5, 5.41) is 8.55. The van der Waals surface area contributed by atoms with Crippen LogP contribution in [0.2, 0.25) is 0 Å². The van der Waals surface area contributed by atoms with Gasteiger partial charge in [-0.3, -0.25) is 0 Å². The van der Waals surface area contributed by atoms with E-state index in [1.54, 1.807) is 12.1 Å². The molecule has 0 saturated carbocycles. The molecule has 0 N–H and O–H groups in total. The molecule has 0 aliphatic rings. The quantitative estimate of drug-likeness (QED) is 0.758. The van der Waals surface area contributed by atoms with Gasteiger partial charge in [-0.05, 0) is 17.7 Å². The molecule has 0 aliphatic carbocycles. The van der Waals surface area contributed by atoms with Crippen molar-refractivity contribution in [2.24, 2.45) is 0 Å². The van der Waals surface area contributed by atoms with Gasteiger partial charge in [0.15, 0.2) is 0 Å². The number of benzene rings is 1. The average molecular weight is 316 g/mol. The Bertz CT molecular complexity index is 701. The molecule has 0 bridgehead atoms. The Balaban J connectivity index is 2.90. The Kier molecular flexibility index (Phi) is 5.28. The largest absolute Gasteiger partial charge is 0.242 e. The van der Waals surface area contributed by atoms with Crippen LogP contribution in [0.3, 0.4) is 0 Å². The lowest BCUT2D eigenvalue weighted by atomic mass is 10.2. The average Bonchev–Trinajstić information content (AvgIpc) is 2.36. The summed E-state index contributed by atoms with van der Waals surface area (Å²) in [6, 6.07) is 7.95. The zero-order chi connectivity index (χ0) is 15.4. The highest BCUT2D eigenvalue weighted by Gasteiger charge is 2.21. The fourth-order valence-corrected chi connectivity index (χ4v) is 3.36.